The van der Waals surface area contributed by atoms with Crippen LogP contribution in [0.15, 0.2) is 30.5 Å². The molecular formula is C22H29N3O4. The normalized spacial score (nSPS) is 13.3. The predicted molar refractivity (Wildman–Crippen MR) is 112 cm³/mol. The number of nitrogens with one attached hydrogen (secondary N) is 1. The topological polar surface area (TPSA) is 72.9 Å². The zero-order valence-corrected chi connectivity index (χ0v) is 17.4. The van der Waals surface area contributed by atoms with Crippen LogP contribution in [0.4, 0.5) is 5.82 Å². The largest absolute Gasteiger partial charge is 0.493 e. The zero-order valence-electron chi connectivity index (χ0n) is 17.4. The van der Waals surface area contributed by atoms with Crippen LogP contribution < -0.4 is 24.4 Å². The fourth-order valence-corrected chi connectivity index (χ4v) is 3.59. The van der Waals surface area contributed by atoms with Gasteiger partial charge < -0.3 is 24.4 Å². The second-order valence-corrected chi connectivity index (χ2v) is 6.99. The number of anilines is 1. The van der Waals surface area contributed by atoms with Crippen molar-refractivity contribution in [1.29, 1.82) is 0 Å². The molecule has 7 nitrogen and oxygen atoms in total. The molecule has 1 N–H and O–H groups in total. The van der Waals surface area contributed by atoms with E-state index >= 15 is 0 Å². The zero-order chi connectivity index (χ0) is 20.6. The van der Waals surface area contributed by atoms with Crippen molar-refractivity contribution in [2.24, 2.45) is 0 Å². The monoisotopic (exact) mass is 399 g/mol. The lowest BCUT2D eigenvalue weighted by molar-refractivity contribution is -0.121. The highest BCUT2D eigenvalue weighted by atomic mass is 16.5. The third-order valence-corrected chi connectivity index (χ3v) is 5.14. The Balaban J connectivity index is 1.56. The molecule has 1 aromatic heterocycles. The van der Waals surface area contributed by atoms with E-state index in [0.717, 1.165) is 30.0 Å². The first-order valence-electron chi connectivity index (χ1n) is 9.90. The molecule has 1 aliphatic rings. The summed E-state index contributed by atoms with van der Waals surface area (Å²) in [4.78, 5) is 19.1. The van der Waals surface area contributed by atoms with Gasteiger partial charge in [0.1, 0.15) is 5.82 Å². The summed E-state index contributed by atoms with van der Waals surface area (Å²) in [5, 5.41) is 2.99. The predicted octanol–water partition coefficient (Wildman–Crippen LogP) is 2.96. The van der Waals surface area contributed by atoms with Crippen molar-refractivity contribution >= 4 is 11.7 Å². The first-order valence-corrected chi connectivity index (χ1v) is 9.90. The summed E-state index contributed by atoms with van der Waals surface area (Å²) >= 11 is 0. The highest BCUT2D eigenvalue weighted by molar-refractivity contribution is 5.76. The Labute approximate surface area is 172 Å². The third-order valence-electron chi connectivity index (χ3n) is 5.14. The van der Waals surface area contributed by atoms with E-state index in [2.05, 4.69) is 21.3 Å². The highest BCUT2D eigenvalue weighted by Crippen LogP contribution is 2.40. The quantitative estimate of drug-likeness (QED) is 0.699. The molecule has 1 aromatic carbocycles. The van der Waals surface area contributed by atoms with Crippen LogP contribution in [-0.4, -0.2) is 45.3 Å². The van der Waals surface area contributed by atoms with E-state index in [0.29, 0.717) is 36.6 Å². The lowest BCUT2D eigenvalue weighted by atomic mass is 10.1. The average molecular weight is 399 g/mol. The highest BCUT2D eigenvalue weighted by Gasteiger charge is 2.17. The molecule has 2 aromatic rings. The minimum atomic E-state index is -0.0126. The Morgan fingerprint density at radius 2 is 1.83 bits per heavy atom. The van der Waals surface area contributed by atoms with Crippen LogP contribution in [-0.2, 0) is 17.8 Å². The Bertz CT molecular complexity index is 835. The van der Waals surface area contributed by atoms with Crippen molar-refractivity contribution in [2.75, 3.05) is 39.3 Å². The van der Waals surface area contributed by atoms with Crippen LogP contribution in [0.3, 0.4) is 0 Å². The first-order chi connectivity index (χ1) is 14.2. The van der Waals surface area contributed by atoms with E-state index < -0.39 is 0 Å². The molecule has 7 heteroatoms. The molecule has 0 radical (unpaired) electrons. The van der Waals surface area contributed by atoms with Crippen molar-refractivity contribution < 1.29 is 19.0 Å². The maximum Gasteiger partial charge on any atom is 0.220 e. The first kappa shape index (κ1) is 20.8. The van der Waals surface area contributed by atoms with Gasteiger partial charge in [0, 0.05) is 32.3 Å². The smallest absolute Gasteiger partial charge is 0.220 e. The average Bonchev–Trinajstić information content (AvgIpc) is 3.30. The van der Waals surface area contributed by atoms with E-state index in [1.54, 1.807) is 21.3 Å². The summed E-state index contributed by atoms with van der Waals surface area (Å²) in [5.74, 6) is 2.72. The van der Waals surface area contributed by atoms with Gasteiger partial charge in [-0.05, 0) is 48.6 Å². The number of hydrogen-bond acceptors (Lipinski definition) is 6. The molecule has 1 saturated heterocycles. The van der Waals surface area contributed by atoms with Gasteiger partial charge in [-0.1, -0.05) is 6.07 Å². The number of carbonyl (C=O) groups excluding carboxylic acids is 1. The van der Waals surface area contributed by atoms with Crippen molar-refractivity contribution in [2.45, 2.75) is 32.2 Å². The molecule has 0 saturated carbocycles. The molecule has 0 spiro atoms. The number of nitrogens with zero attached hydrogens (tertiary/aromatic N) is 2. The molecule has 2 heterocycles. The van der Waals surface area contributed by atoms with Crippen LogP contribution in [0.5, 0.6) is 17.2 Å². The number of aryl methyl sites for hydroxylation is 1. The summed E-state index contributed by atoms with van der Waals surface area (Å²) in [6, 6.07) is 7.73. The van der Waals surface area contributed by atoms with Crippen molar-refractivity contribution in [3.63, 3.8) is 0 Å². The molecule has 0 aliphatic carbocycles. The van der Waals surface area contributed by atoms with Crippen molar-refractivity contribution in [1.82, 2.24) is 10.3 Å². The third kappa shape index (κ3) is 5.10. The second-order valence-electron chi connectivity index (χ2n) is 6.99. The number of methoxy groups -OCH3 is 3. The van der Waals surface area contributed by atoms with Crippen LogP contribution in [0.1, 0.15) is 30.4 Å². The number of rotatable bonds is 9. The minimum Gasteiger partial charge on any atom is -0.493 e. The maximum absolute atomic E-state index is 12.4. The molecule has 0 unspecified atom stereocenters. The van der Waals surface area contributed by atoms with E-state index in [-0.39, 0.29) is 5.91 Å². The Morgan fingerprint density at radius 1 is 1.07 bits per heavy atom. The number of hydrogen-bond donors (Lipinski definition) is 1. The maximum atomic E-state index is 12.4. The summed E-state index contributed by atoms with van der Waals surface area (Å²) in [6.07, 6.45) is 5.13. The summed E-state index contributed by atoms with van der Waals surface area (Å²) in [5.41, 5.74) is 1.96. The second kappa shape index (κ2) is 10.0. The standard InChI is InChI=1S/C22H29N3O4/c1-27-18-8-6-17(21(28-2)22(18)29-3)7-9-20(26)24-15-16-10-11-23-19(14-16)25-12-4-5-13-25/h6,8,10-11,14H,4-5,7,9,12-13,15H2,1-3H3,(H,24,26). The minimum absolute atomic E-state index is 0.0126. The number of ether oxygens (including phenoxy) is 3. The van der Waals surface area contributed by atoms with Crippen molar-refractivity contribution in [3.8, 4) is 17.2 Å². The SMILES string of the molecule is COc1ccc(CCC(=O)NCc2ccnc(N3CCCC3)c2)c(OC)c1OC. The van der Waals surface area contributed by atoms with Gasteiger partial charge in [0.2, 0.25) is 11.7 Å². The summed E-state index contributed by atoms with van der Waals surface area (Å²) in [6.45, 7) is 2.59. The lowest BCUT2D eigenvalue weighted by Gasteiger charge is -2.17. The molecular weight excluding hydrogens is 370 g/mol. The molecule has 1 amide bonds. The van der Waals surface area contributed by atoms with Gasteiger partial charge in [-0.15, -0.1) is 0 Å². The van der Waals surface area contributed by atoms with Crippen LogP contribution in [0.2, 0.25) is 0 Å². The Hall–Kier alpha value is -2.96. The van der Waals surface area contributed by atoms with E-state index in [1.165, 1.54) is 12.8 Å². The number of benzene rings is 1. The van der Waals surface area contributed by atoms with Crippen LogP contribution in [0.25, 0.3) is 0 Å². The fourth-order valence-electron chi connectivity index (χ4n) is 3.59. The molecule has 0 bridgehead atoms. The molecule has 3 rings (SSSR count). The van der Waals surface area contributed by atoms with Gasteiger partial charge in [-0.25, -0.2) is 4.98 Å². The van der Waals surface area contributed by atoms with Gasteiger partial charge in [0.25, 0.3) is 0 Å². The summed E-state index contributed by atoms with van der Waals surface area (Å²) < 4.78 is 16.2. The van der Waals surface area contributed by atoms with E-state index in [4.69, 9.17) is 14.2 Å². The molecule has 0 atom stereocenters. The number of pyridine rings is 1. The van der Waals surface area contributed by atoms with Gasteiger partial charge in [0.15, 0.2) is 11.5 Å². The van der Waals surface area contributed by atoms with Gasteiger partial charge >= 0.3 is 0 Å². The van der Waals surface area contributed by atoms with E-state index in [9.17, 15) is 4.79 Å². The number of aromatic nitrogens is 1. The van der Waals surface area contributed by atoms with Gasteiger partial charge in [-0.3, -0.25) is 4.79 Å². The van der Waals surface area contributed by atoms with Gasteiger partial charge in [-0.2, -0.15) is 0 Å². The van der Waals surface area contributed by atoms with Gasteiger partial charge in [0.05, 0.1) is 21.3 Å². The Kier molecular flexibility index (Phi) is 7.16. The fraction of sp³-hybridized carbons (Fsp3) is 0.455. The van der Waals surface area contributed by atoms with E-state index in [1.807, 2.05) is 24.4 Å². The lowest BCUT2D eigenvalue weighted by Crippen LogP contribution is -2.24. The van der Waals surface area contributed by atoms with Crippen LogP contribution >= 0.6 is 0 Å². The van der Waals surface area contributed by atoms with Crippen molar-refractivity contribution in [3.05, 3.63) is 41.6 Å². The molecule has 29 heavy (non-hydrogen) atoms. The number of amides is 1. The van der Waals surface area contributed by atoms with Crippen LogP contribution in [0, 0.1) is 0 Å². The Morgan fingerprint density at radius 3 is 2.52 bits per heavy atom. The number of carbonyl (C=O) groups is 1. The molecule has 1 fully saturated rings. The molecule has 1 aliphatic heterocycles. The summed E-state index contributed by atoms with van der Waals surface area (Å²) in [7, 11) is 4.74. The molecule has 156 valence electrons.